The number of carbonyl (C=O) groups is 1. The Morgan fingerprint density at radius 2 is 1.84 bits per heavy atom. The van der Waals surface area contributed by atoms with Crippen LogP contribution in [0.4, 0.5) is 0 Å². The number of rotatable bonds is 1. The van der Waals surface area contributed by atoms with Crippen LogP contribution >= 0.6 is 11.3 Å². The van der Waals surface area contributed by atoms with Crippen molar-refractivity contribution < 1.29 is 4.79 Å². The van der Waals surface area contributed by atoms with Gasteiger partial charge in [-0.05, 0) is 43.2 Å². The summed E-state index contributed by atoms with van der Waals surface area (Å²) in [5.74, 6) is 0.117. The predicted octanol–water partition coefficient (Wildman–Crippen LogP) is 6.40. The third-order valence-corrected chi connectivity index (χ3v) is 8.64. The highest BCUT2D eigenvalue weighted by atomic mass is 32.1. The SMILES string of the molecule is O=C(C1CCCCC1)n1c2cncc(c2)c2cc3c(cn2)[nH][nH]c-3c2nc3ccnc(c4ccc1s4)c3n2. The third kappa shape index (κ3) is 3.30. The van der Waals surface area contributed by atoms with E-state index in [0.29, 0.717) is 5.65 Å². The molecule has 5 aromatic heterocycles. The Morgan fingerprint density at radius 3 is 2.76 bits per heavy atom. The van der Waals surface area contributed by atoms with Gasteiger partial charge in [-0.15, -0.1) is 11.3 Å². The van der Waals surface area contributed by atoms with Crippen LogP contribution in [0, 0.1) is 5.92 Å². The van der Waals surface area contributed by atoms with Crippen LogP contribution in [0.3, 0.4) is 0 Å². The molecular weight excluding hydrogens is 496 g/mol. The normalized spacial score (nSPS) is 14.8. The molecule has 0 unspecified atom stereocenters. The number of aromatic nitrogens is 8. The molecular formula is C28H22N8OS. The monoisotopic (exact) mass is 518 g/mol. The molecule has 0 amide bonds. The summed E-state index contributed by atoms with van der Waals surface area (Å²) in [6, 6.07) is 9.91. The first kappa shape index (κ1) is 21.6. The fourth-order valence-corrected chi connectivity index (χ4v) is 6.67. The lowest BCUT2D eigenvalue weighted by atomic mass is 9.88. The summed E-state index contributed by atoms with van der Waals surface area (Å²) in [6.07, 6.45) is 12.3. The molecule has 0 aromatic carbocycles. The first-order valence-corrected chi connectivity index (χ1v) is 13.6. The van der Waals surface area contributed by atoms with Crippen LogP contribution in [0.1, 0.15) is 36.9 Å². The number of imidazole rings is 1. The van der Waals surface area contributed by atoms with Crippen molar-refractivity contribution >= 4 is 70.9 Å². The van der Waals surface area contributed by atoms with Crippen molar-refractivity contribution in [3.8, 4) is 11.3 Å². The highest BCUT2D eigenvalue weighted by Crippen LogP contribution is 2.33. The Kier molecular flexibility index (Phi) is 4.72. The summed E-state index contributed by atoms with van der Waals surface area (Å²) >= 11 is 1.53. The van der Waals surface area contributed by atoms with Crippen molar-refractivity contribution in [1.29, 1.82) is 0 Å². The number of H-pyrrole nitrogens is 2. The second kappa shape index (κ2) is 8.29. The van der Waals surface area contributed by atoms with E-state index in [9.17, 15) is 4.79 Å². The van der Waals surface area contributed by atoms with E-state index in [2.05, 4.69) is 20.2 Å². The van der Waals surface area contributed by atoms with Gasteiger partial charge in [0, 0.05) is 29.3 Å². The molecule has 10 heteroatoms. The minimum absolute atomic E-state index is 0.00229. The zero-order valence-electron chi connectivity index (χ0n) is 20.3. The molecule has 1 fully saturated rings. The van der Waals surface area contributed by atoms with E-state index in [0.717, 1.165) is 85.0 Å². The summed E-state index contributed by atoms with van der Waals surface area (Å²) in [4.78, 5) is 38.5. The smallest absolute Gasteiger partial charge is 0.235 e. The summed E-state index contributed by atoms with van der Waals surface area (Å²) in [5, 5.41) is 7.24. The summed E-state index contributed by atoms with van der Waals surface area (Å²) in [7, 11) is 0. The van der Waals surface area contributed by atoms with Gasteiger partial charge in [0.2, 0.25) is 5.91 Å². The molecule has 38 heavy (non-hydrogen) atoms. The number of fused-ring (bicyclic) bond motifs is 9. The number of hydrogen-bond donors (Lipinski definition) is 2. The fourth-order valence-electron chi connectivity index (χ4n) is 5.64. The van der Waals surface area contributed by atoms with E-state index in [1.54, 1.807) is 24.8 Å². The first-order chi connectivity index (χ1) is 18.7. The van der Waals surface area contributed by atoms with E-state index in [1.165, 1.54) is 17.8 Å². The maximum absolute atomic E-state index is 14.1. The zero-order valence-corrected chi connectivity index (χ0v) is 21.1. The summed E-state index contributed by atoms with van der Waals surface area (Å²) < 4.78 is 2.78. The second-order valence-electron chi connectivity index (χ2n) is 9.89. The Balaban J connectivity index is 1.54. The van der Waals surface area contributed by atoms with Gasteiger partial charge < -0.3 is 0 Å². The molecule has 7 heterocycles. The summed E-state index contributed by atoms with van der Waals surface area (Å²) in [5.41, 5.74) is 6.90. The topological polar surface area (TPSA) is 118 Å². The van der Waals surface area contributed by atoms with E-state index < -0.39 is 0 Å². The number of thiophene rings is 1. The maximum Gasteiger partial charge on any atom is 0.235 e. The van der Waals surface area contributed by atoms with Crippen LogP contribution in [-0.4, -0.2) is 45.6 Å². The Hall–Kier alpha value is -4.44. The Bertz CT molecular complexity index is 2060. The predicted molar refractivity (Wildman–Crippen MR) is 149 cm³/mol. The van der Waals surface area contributed by atoms with Gasteiger partial charge in [0.15, 0.2) is 5.65 Å². The minimum Gasteiger partial charge on any atom is -0.298 e. The molecule has 2 aliphatic heterocycles. The Morgan fingerprint density at radius 1 is 0.921 bits per heavy atom. The van der Waals surface area contributed by atoms with Gasteiger partial charge in [0.1, 0.15) is 21.6 Å². The molecule has 8 rings (SSSR count). The van der Waals surface area contributed by atoms with Crippen LogP contribution in [0.5, 0.6) is 0 Å². The summed E-state index contributed by atoms with van der Waals surface area (Å²) in [6.45, 7) is 0. The van der Waals surface area contributed by atoms with Crippen molar-refractivity contribution in [2.75, 3.05) is 0 Å². The highest BCUT2D eigenvalue weighted by Gasteiger charge is 2.24. The number of pyridine rings is 3. The molecule has 1 aliphatic carbocycles. The second-order valence-corrected chi connectivity index (χ2v) is 11.0. The van der Waals surface area contributed by atoms with E-state index in [4.69, 9.17) is 15.0 Å². The molecule has 0 saturated heterocycles. The van der Waals surface area contributed by atoms with Gasteiger partial charge >= 0.3 is 0 Å². The van der Waals surface area contributed by atoms with Crippen LogP contribution < -0.4 is 0 Å². The van der Waals surface area contributed by atoms with E-state index in [1.807, 2.05) is 34.9 Å². The number of aromatic amines is 2. The number of nitrogens with one attached hydrogen (secondary N) is 2. The van der Waals surface area contributed by atoms with Gasteiger partial charge in [-0.1, -0.05) is 19.3 Å². The lowest BCUT2D eigenvalue weighted by Crippen LogP contribution is -2.24. The van der Waals surface area contributed by atoms with Crippen molar-refractivity contribution in [1.82, 2.24) is 39.7 Å². The first-order valence-electron chi connectivity index (χ1n) is 12.8. The van der Waals surface area contributed by atoms with E-state index >= 15 is 0 Å². The molecule has 2 N–H and O–H groups in total. The lowest BCUT2D eigenvalue weighted by Gasteiger charge is -2.21. The number of hydrogen-bond acceptors (Lipinski definition) is 7. The van der Waals surface area contributed by atoms with E-state index in [-0.39, 0.29) is 11.8 Å². The lowest BCUT2D eigenvalue weighted by molar-refractivity contribution is 0.0812. The van der Waals surface area contributed by atoms with Gasteiger partial charge in [0.25, 0.3) is 0 Å². The molecule has 5 aromatic rings. The molecule has 9 nitrogen and oxygen atoms in total. The average molecular weight is 519 g/mol. The molecule has 0 radical (unpaired) electrons. The van der Waals surface area contributed by atoms with Crippen LogP contribution in [0.15, 0.2) is 55.1 Å². The van der Waals surface area contributed by atoms with Gasteiger partial charge in [0.05, 0.1) is 39.2 Å². The average Bonchev–Trinajstić information content (AvgIpc) is 3.71. The Labute approximate surface area is 219 Å². The van der Waals surface area contributed by atoms with Gasteiger partial charge in [-0.2, -0.15) is 0 Å². The molecule has 1 saturated carbocycles. The quantitative estimate of drug-likeness (QED) is 0.260. The standard InChI is InChI=1S/C28H22N8OS/c37-28(15-4-2-1-3-5-15)36-17-10-16(12-29-13-17)20-11-18-21(14-31-20)34-35-24(18)27-32-19-8-9-30-26(25(19)33-27)22-6-7-23(36)38-22/h6-15,34-35H,1-5H2. The number of nitrogens with zero attached hydrogens (tertiary/aromatic N) is 6. The molecule has 186 valence electrons. The highest BCUT2D eigenvalue weighted by molar-refractivity contribution is 7.24. The number of carbonyl (C=O) groups excluding carboxylic acids is 1. The fraction of sp³-hybridized carbons (Fsp3) is 0.214. The molecule has 3 aliphatic rings. The minimum atomic E-state index is -0.00229. The van der Waals surface area contributed by atoms with Crippen molar-refractivity contribution in [2.24, 2.45) is 5.92 Å². The molecule has 0 spiro atoms. The largest absolute Gasteiger partial charge is 0.298 e. The molecule has 8 bridgehead atoms. The van der Waals surface area contributed by atoms with Crippen molar-refractivity contribution in [3.63, 3.8) is 0 Å². The van der Waals surface area contributed by atoms with Crippen LogP contribution in [0.25, 0.3) is 64.9 Å². The van der Waals surface area contributed by atoms with Crippen molar-refractivity contribution in [3.05, 3.63) is 55.1 Å². The van der Waals surface area contributed by atoms with Gasteiger partial charge in [-0.25, -0.2) is 9.97 Å². The third-order valence-electron chi connectivity index (χ3n) is 7.56. The van der Waals surface area contributed by atoms with Crippen LogP contribution in [-0.2, 0) is 0 Å². The molecule has 0 atom stereocenters. The van der Waals surface area contributed by atoms with Crippen molar-refractivity contribution in [2.45, 2.75) is 32.1 Å². The van der Waals surface area contributed by atoms with Crippen LogP contribution in [0.2, 0.25) is 0 Å². The van der Waals surface area contributed by atoms with Gasteiger partial charge in [-0.3, -0.25) is 34.5 Å². The zero-order chi connectivity index (χ0) is 25.2. The maximum atomic E-state index is 14.1.